The lowest BCUT2D eigenvalue weighted by Gasteiger charge is -1.95. The molecule has 2 rings (SSSR count). The number of halogens is 1. The molecule has 16 heavy (non-hydrogen) atoms. The van der Waals surface area contributed by atoms with Gasteiger partial charge in [-0.1, -0.05) is 17.3 Å². The molecule has 1 aromatic carbocycles. The molecule has 0 bridgehead atoms. The minimum absolute atomic E-state index is 0.166. The molecular formula is C11H11FN2O2. The molecule has 0 saturated heterocycles. The van der Waals surface area contributed by atoms with Gasteiger partial charge in [0.05, 0.1) is 6.61 Å². The molecule has 0 N–H and O–H groups in total. The minimum Gasteiger partial charge on any atom is -0.449 e. The average molecular weight is 222 g/mol. The van der Waals surface area contributed by atoms with Gasteiger partial charge in [-0.15, -0.1) is 0 Å². The molecule has 0 radical (unpaired) electrons. The fourth-order valence-electron chi connectivity index (χ4n) is 1.28. The Kier molecular flexibility index (Phi) is 3.14. The molecule has 84 valence electrons. The molecule has 0 unspecified atom stereocenters. The van der Waals surface area contributed by atoms with Crippen molar-refractivity contribution in [1.82, 2.24) is 10.1 Å². The maximum atomic E-state index is 12.7. The first-order chi connectivity index (χ1) is 7.78. The number of aromatic nitrogens is 2. The highest BCUT2D eigenvalue weighted by atomic mass is 19.1. The van der Waals surface area contributed by atoms with E-state index in [1.165, 1.54) is 12.1 Å². The van der Waals surface area contributed by atoms with Gasteiger partial charge >= 0.3 is 6.08 Å². The molecule has 0 fully saturated rings. The Hall–Kier alpha value is -1.91. The molecular weight excluding hydrogens is 211 g/mol. The quantitative estimate of drug-likeness (QED) is 0.795. The van der Waals surface area contributed by atoms with E-state index in [9.17, 15) is 4.39 Å². The van der Waals surface area contributed by atoms with Crippen molar-refractivity contribution in [2.75, 3.05) is 6.61 Å². The second-order valence-corrected chi connectivity index (χ2v) is 3.21. The highest BCUT2D eigenvalue weighted by molar-refractivity contribution is 5.19. The van der Waals surface area contributed by atoms with Crippen LogP contribution in [0.2, 0.25) is 0 Å². The summed E-state index contributed by atoms with van der Waals surface area (Å²) in [5.41, 5.74) is 0.922. The third-order valence-electron chi connectivity index (χ3n) is 1.99. The SMILES string of the molecule is CCOc1nc(Cc2ccc(F)cc2)no1. The first-order valence-corrected chi connectivity index (χ1v) is 4.97. The van der Waals surface area contributed by atoms with E-state index in [0.29, 0.717) is 18.9 Å². The van der Waals surface area contributed by atoms with Gasteiger partial charge in [0.1, 0.15) is 5.82 Å². The number of hydrogen-bond acceptors (Lipinski definition) is 4. The Labute approximate surface area is 92.0 Å². The number of ether oxygens (including phenoxy) is 1. The van der Waals surface area contributed by atoms with Gasteiger partial charge in [0.25, 0.3) is 0 Å². The Morgan fingerprint density at radius 1 is 1.31 bits per heavy atom. The molecule has 0 aliphatic heterocycles. The van der Waals surface area contributed by atoms with E-state index in [1.54, 1.807) is 12.1 Å². The van der Waals surface area contributed by atoms with Crippen molar-refractivity contribution in [3.63, 3.8) is 0 Å². The second kappa shape index (κ2) is 4.74. The highest BCUT2D eigenvalue weighted by Crippen LogP contribution is 2.11. The maximum absolute atomic E-state index is 12.7. The van der Waals surface area contributed by atoms with Gasteiger partial charge in [-0.2, -0.15) is 4.98 Å². The largest absolute Gasteiger partial charge is 0.449 e. The van der Waals surface area contributed by atoms with E-state index in [4.69, 9.17) is 9.26 Å². The van der Waals surface area contributed by atoms with Crippen LogP contribution < -0.4 is 4.74 Å². The topological polar surface area (TPSA) is 48.2 Å². The predicted molar refractivity (Wildman–Crippen MR) is 54.7 cm³/mol. The maximum Gasteiger partial charge on any atom is 0.417 e. The van der Waals surface area contributed by atoms with Crippen molar-refractivity contribution >= 4 is 0 Å². The van der Waals surface area contributed by atoms with Crippen LogP contribution in [0.1, 0.15) is 18.3 Å². The van der Waals surface area contributed by atoms with Crippen molar-refractivity contribution in [3.05, 3.63) is 41.5 Å². The standard InChI is InChI=1S/C11H11FN2O2/c1-2-15-11-13-10(14-16-11)7-8-3-5-9(12)6-4-8/h3-6H,2,7H2,1H3. The van der Waals surface area contributed by atoms with E-state index >= 15 is 0 Å². The van der Waals surface area contributed by atoms with Crippen LogP contribution in [0.4, 0.5) is 4.39 Å². The van der Waals surface area contributed by atoms with Crippen LogP contribution in [0.5, 0.6) is 6.08 Å². The lowest BCUT2D eigenvalue weighted by molar-refractivity contribution is 0.215. The number of rotatable bonds is 4. The van der Waals surface area contributed by atoms with Crippen LogP contribution in [0.25, 0.3) is 0 Å². The highest BCUT2D eigenvalue weighted by Gasteiger charge is 2.07. The summed E-state index contributed by atoms with van der Waals surface area (Å²) in [6.07, 6.45) is 0.663. The van der Waals surface area contributed by atoms with Crippen molar-refractivity contribution in [2.24, 2.45) is 0 Å². The number of hydrogen-bond donors (Lipinski definition) is 0. The van der Waals surface area contributed by atoms with Gasteiger partial charge in [-0.3, -0.25) is 4.52 Å². The predicted octanol–water partition coefficient (Wildman–Crippen LogP) is 2.20. The van der Waals surface area contributed by atoms with Crippen LogP contribution in [0.3, 0.4) is 0 Å². The fourth-order valence-corrected chi connectivity index (χ4v) is 1.28. The third kappa shape index (κ3) is 2.56. The summed E-state index contributed by atoms with van der Waals surface area (Å²) >= 11 is 0. The Balaban J connectivity index is 2.05. The normalized spacial score (nSPS) is 10.4. The Bertz CT molecular complexity index is 453. The molecule has 0 amide bonds. The van der Waals surface area contributed by atoms with Gasteiger partial charge in [-0.05, 0) is 24.6 Å². The zero-order valence-electron chi connectivity index (χ0n) is 8.81. The van der Waals surface area contributed by atoms with Crippen LogP contribution in [0, 0.1) is 5.82 Å². The van der Waals surface area contributed by atoms with Crippen molar-refractivity contribution < 1.29 is 13.7 Å². The van der Waals surface area contributed by atoms with Crippen LogP contribution in [0.15, 0.2) is 28.8 Å². The number of nitrogens with zero attached hydrogens (tertiary/aromatic N) is 2. The van der Waals surface area contributed by atoms with Gasteiger partial charge < -0.3 is 4.74 Å². The molecule has 4 nitrogen and oxygen atoms in total. The summed E-state index contributed by atoms with van der Waals surface area (Å²) in [6, 6.07) is 6.18. The van der Waals surface area contributed by atoms with Gasteiger partial charge in [0.2, 0.25) is 0 Å². The molecule has 0 aliphatic rings. The van der Waals surface area contributed by atoms with Crippen molar-refractivity contribution in [1.29, 1.82) is 0 Å². The zero-order chi connectivity index (χ0) is 11.4. The lowest BCUT2D eigenvalue weighted by atomic mass is 10.1. The molecule has 5 heteroatoms. The summed E-state index contributed by atoms with van der Waals surface area (Å²) < 4.78 is 22.5. The molecule has 0 aliphatic carbocycles. The third-order valence-corrected chi connectivity index (χ3v) is 1.99. The first kappa shape index (κ1) is 10.6. The van der Waals surface area contributed by atoms with Crippen molar-refractivity contribution in [3.8, 4) is 6.08 Å². The van der Waals surface area contributed by atoms with E-state index < -0.39 is 0 Å². The summed E-state index contributed by atoms with van der Waals surface area (Å²) in [6.45, 7) is 2.32. The van der Waals surface area contributed by atoms with Crippen LogP contribution in [-0.4, -0.2) is 16.7 Å². The van der Waals surface area contributed by atoms with E-state index in [-0.39, 0.29) is 11.9 Å². The zero-order valence-corrected chi connectivity index (χ0v) is 8.81. The lowest BCUT2D eigenvalue weighted by Crippen LogP contribution is -1.93. The smallest absolute Gasteiger partial charge is 0.417 e. The van der Waals surface area contributed by atoms with Crippen LogP contribution >= 0.6 is 0 Å². The molecule has 2 aromatic rings. The molecule has 0 saturated carbocycles. The summed E-state index contributed by atoms with van der Waals surface area (Å²) in [7, 11) is 0. The Morgan fingerprint density at radius 2 is 2.06 bits per heavy atom. The fraction of sp³-hybridized carbons (Fsp3) is 0.273. The average Bonchev–Trinajstić information content (AvgIpc) is 2.70. The van der Waals surface area contributed by atoms with E-state index in [2.05, 4.69) is 10.1 Å². The minimum atomic E-state index is -0.258. The van der Waals surface area contributed by atoms with Gasteiger partial charge in [-0.25, -0.2) is 4.39 Å². The monoisotopic (exact) mass is 222 g/mol. The van der Waals surface area contributed by atoms with Crippen LogP contribution in [-0.2, 0) is 6.42 Å². The van der Waals surface area contributed by atoms with Gasteiger partial charge in [0.15, 0.2) is 5.82 Å². The Morgan fingerprint density at radius 3 is 2.75 bits per heavy atom. The molecule has 0 atom stereocenters. The summed E-state index contributed by atoms with van der Waals surface area (Å²) in [5, 5.41) is 3.75. The number of benzene rings is 1. The molecule has 1 heterocycles. The summed E-state index contributed by atoms with van der Waals surface area (Å²) in [4.78, 5) is 4.02. The second-order valence-electron chi connectivity index (χ2n) is 3.21. The molecule has 1 aromatic heterocycles. The van der Waals surface area contributed by atoms with Gasteiger partial charge in [0, 0.05) is 6.42 Å². The van der Waals surface area contributed by atoms with E-state index in [0.717, 1.165) is 5.56 Å². The summed E-state index contributed by atoms with van der Waals surface area (Å²) in [5.74, 6) is 0.266. The van der Waals surface area contributed by atoms with Crippen molar-refractivity contribution in [2.45, 2.75) is 13.3 Å². The first-order valence-electron chi connectivity index (χ1n) is 4.97. The molecule has 0 spiro atoms. The van der Waals surface area contributed by atoms with E-state index in [1.807, 2.05) is 6.92 Å².